The van der Waals surface area contributed by atoms with Crippen molar-refractivity contribution in [2.45, 2.75) is 13.3 Å². The number of halogens is 1. The van der Waals surface area contributed by atoms with Crippen molar-refractivity contribution in [3.05, 3.63) is 54.1 Å². The van der Waals surface area contributed by atoms with Crippen molar-refractivity contribution in [2.24, 2.45) is 5.41 Å². The second kappa shape index (κ2) is 9.43. The van der Waals surface area contributed by atoms with E-state index < -0.39 is 0 Å². The number of hydrogen-bond acceptors (Lipinski definition) is 5. The molecule has 1 saturated heterocycles. The Labute approximate surface area is 204 Å². The Morgan fingerprint density at radius 3 is 2.74 bits per heavy atom. The van der Waals surface area contributed by atoms with Crippen molar-refractivity contribution >= 4 is 22.5 Å². The van der Waals surface area contributed by atoms with Gasteiger partial charge >= 0.3 is 0 Å². The molecule has 5 rings (SSSR count). The molecule has 2 aromatic heterocycles. The van der Waals surface area contributed by atoms with Crippen LogP contribution in [0.3, 0.4) is 0 Å². The van der Waals surface area contributed by atoms with Crippen LogP contribution >= 0.6 is 0 Å². The molecule has 4 heterocycles. The van der Waals surface area contributed by atoms with Gasteiger partial charge in [0.1, 0.15) is 17.2 Å². The number of nitrogens with one attached hydrogen (secondary N) is 1. The number of amides is 1. The Balaban J connectivity index is 1.30. The highest BCUT2D eigenvalue weighted by atomic mass is 19.1. The normalized spacial score (nSPS) is 17.8. The van der Waals surface area contributed by atoms with Crippen LogP contribution in [0, 0.1) is 11.2 Å². The fraction of sp³-hybridized carbons (Fsp3) is 0.407. The number of carbonyl (C=O) groups excluding carboxylic acids is 1. The maximum absolute atomic E-state index is 14.0. The van der Waals surface area contributed by atoms with Crippen LogP contribution < -0.4 is 4.74 Å². The highest BCUT2D eigenvalue weighted by molar-refractivity contribution is 5.96. The molecule has 1 amide bonds. The lowest BCUT2D eigenvalue weighted by molar-refractivity contribution is -0.146. The third-order valence-electron chi connectivity index (χ3n) is 6.97. The van der Waals surface area contributed by atoms with Crippen LogP contribution in [-0.4, -0.2) is 79.2 Å². The number of fused-ring (bicyclic) bond motifs is 1. The number of H-pyrrole nitrogens is 1. The Morgan fingerprint density at radius 1 is 1.20 bits per heavy atom. The molecule has 184 valence electrons. The Morgan fingerprint density at radius 2 is 2.03 bits per heavy atom. The van der Waals surface area contributed by atoms with E-state index in [2.05, 4.69) is 33.9 Å². The topological polar surface area (TPSA) is 70.7 Å². The van der Waals surface area contributed by atoms with Crippen molar-refractivity contribution in [1.29, 1.82) is 0 Å². The molecule has 0 atom stereocenters. The van der Waals surface area contributed by atoms with E-state index in [0.29, 0.717) is 24.5 Å². The van der Waals surface area contributed by atoms with Crippen LogP contribution in [0.5, 0.6) is 5.75 Å². The van der Waals surface area contributed by atoms with E-state index in [4.69, 9.17) is 9.47 Å². The minimum absolute atomic E-state index is 0.0808. The average Bonchev–Trinajstić information content (AvgIpc) is 3.27. The molecule has 7 nitrogen and oxygen atoms in total. The molecule has 0 bridgehead atoms. The van der Waals surface area contributed by atoms with E-state index in [-0.39, 0.29) is 17.1 Å². The molecule has 3 aromatic rings. The Bertz CT molecular complexity index is 1280. The minimum Gasteiger partial charge on any atom is -0.496 e. The summed E-state index contributed by atoms with van der Waals surface area (Å²) in [5, 5.41) is 0.918. The van der Waals surface area contributed by atoms with Gasteiger partial charge in [-0.1, -0.05) is 13.0 Å². The SMILES string of the molecule is COCC1(C)CN(C(=O)CN2CC=C(c3cc4c(-c5cc(F)ccc5OC)ccnc4[nH]3)CC2)C1. The minimum atomic E-state index is -0.312. The van der Waals surface area contributed by atoms with Crippen LogP contribution in [0.2, 0.25) is 0 Å². The quantitative estimate of drug-likeness (QED) is 0.557. The molecule has 2 aliphatic rings. The van der Waals surface area contributed by atoms with Gasteiger partial charge in [0.2, 0.25) is 5.91 Å². The van der Waals surface area contributed by atoms with E-state index >= 15 is 0 Å². The molecule has 1 fully saturated rings. The summed E-state index contributed by atoms with van der Waals surface area (Å²) >= 11 is 0. The van der Waals surface area contributed by atoms with Crippen molar-refractivity contribution in [3.63, 3.8) is 0 Å². The fourth-order valence-electron chi connectivity index (χ4n) is 5.21. The molecular weight excluding hydrogens is 447 g/mol. The number of likely N-dealkylation sites (tertiary alicyclic amines) is 1. The summed E-state index contributed by atoms with van der Waals surface area (Å²) in [6, 6.07) is 8.48. The van der Waals surface area contributed by atoms with Gasteiger partial charge in [0.05, 0.1) is 20.3 Å². The molecule has 1 aromatic carbocycles. The third-order valence-corrected chi connectivity index (χ3v) is 6.97. The van der Waals surface area contributed by atoms with Crippen LogP contribution in [0.25, 0.3) is 27.7 Å². The molecule has 0 spiro atoms. The number of benzene rings is 1. The summed E-state index contributed by atoms with van der Waals surface area (Å²) in [4.78, 5) is 24.7. The van der Waals surface area contributed by atoms with E-state index in [1.807, 2.05) is 11.0 Å². The zero-order valence-corrected chi connectivity index (χ0v) is 20.4. The molecule has 1 N–H and O–H groups in total. The number of pyridine rings is 1. The zero-order chi connectivity index (χ0) is 24.6. The number of methoxy groups -OCH3 is 2. The predicted octanol–water partition coefficient (Wildman–Crippen LogP) is 3.96. The molecule has 8 heteroatoms. The zero-order valence-electron chi connectivity index (χ0n) is 20.4. The fourth-order valence-corrected chi connectivity index (χ4v) is 5.21. The van der Waals surface area contributed by atoms with E-state index in [0.717, 1.165) is 54.9 Å². The summed E-state index contributed by atoms with van der Waals surface area (Å²) in [6.45, 7) is 6.32. The number of nitrogens with zero attached hydrogens (tertiary/aromatic N) is 3. The first-order chi connectivity index (χ1) is 16.9. The maximum atomic E-state index is 14.0. The lowest BCUT2D eigenvalue weighted by Crippen LogP contribution is -2.60. The largest absolute Gasteiger partial charge is 0.496 e. The van der Waals surface area contributed by atoms with Gasteiger partial charge in [0.25, 0.3) is 0 Å². The first-order valence-electron chi connectivity index (χ1n) is 11.9. The van der Waals surface area contributed by atoms with Gasteiger partial charge in [-0.05, 0) is 47.9 Å². The van der Waals surface area contributed by atoms with Gasteiger partial charge in [0, 0.05) is 61.5 Å². The number of aromatic nitrogens is 2. The van der Waals surface area contributed by atoms with E-state index in [1.54, 1.807) is 26.5 Å². The average molecular weight is 479 g/mol. The summed E-state index contributed by atoms with van der Waals surface area (Å²) in [6.07, 6.45) is 4.73. The first kappa shape index (κ1) is 23.5. The molecule has 0 radical (unpaired) electrons. The summed E-state index contributed by atoms with van der Waals surface area (Å²) in [5.74, 6) is 0.482. The second-order valence-electron chi connectivity index (χ2n) is 9.86. The number of aromatic amines is 1. The summed E-state index contributed by atoms with van der Waals surface area (Å²) < 4.78 is 24.8. The number of ether oxygens (including phenoxy) is 2. The van der Waals surface area contributed by atoms with Crippen LogP contribution in [0.1, 0.15) is 19.0 Å². The third kappa shape index (κ3) is 4.68. The molecule has 2 aliphatic heterocycles. The second-order valence-corrected chi connectivity index (χ2v) is 9.86. The van der Waals surface area contributed by atoms with Gasteiger partial charge in [0.15, 0.2) is 0 Å². The Kier molecular flexibility index (Phi) is 6.34. The maximum Gasteiger partial charge on any atom is 0.236 e. The molecule has 0 unspecified atom stereocenters. The van der Waals surface area contributed by atoms with Crippen molar-refractivity contribution < 1.29 is 18.7 Å². The van der Waals surface area contributed by atoms with Crippen molar-refractivity contribution in [3.8, 4) is 16.9 Å². The monoisotopic (exact) mass is 478 g/mol. The van der Waals surface area contributed by atoms with Gasteiger partial charge in [-0.2, -0.15) is 0 Å². The van der Waals surface area contributed by atoms with E-state index in [1.165, 1.54) is 17.7 Å². The molecule has 0 saturated carbocycles. The van der Waals surface area contributed by atoms with Crippen molar-refractivity contribution in [1.82, 2.24) is 19.8 Å². The van der Waals surface area contributed by atoms with Gasteiger partial charge in [-0.25, -0.2) is 9.37 Å². The van der Waals surface area contributed by atoms with Crippen LogP contribution in [0.15, 0.2) is 42.6 Å². The Hall–Kier alpha value is -3.23. The number of hydrogen-bond donors (Lipinski definition) is 1. The summed E-state index contributed by atoms with van der Waals surface area (Å²) in [5.41, 5.74) is 4.59. The van der Waals surface area contributed by atoms with Crippen LogP contribution in [0.4, 0.5) is 4.39 Å². The smallest absolute Gasteiger partial charge is 0.236 e. The van der Waals surface area contributed by atoms with E-state index in [9.17, 15) is 9.18 Å². The highest BCUT2D eigenvalue weighted by Gasteiger charge is 2.41. The molecule has 0 aliphatic carbocycles. The van der Waals surface area contributed by atoms with Crippen LogP contribution in [-0.2, 0) is 9.53 Å². The highest BCUT2D eigenvalue weighted by Crippen LogP contribution is 2.36. The van der Waals surface area contributed by atoms with Gasteiger partial charge in [-0.3, -0.25) is 9.69 Å². The van der Waals surface area contributed by atoms with Crippen molar-refractivity contribution in [2.75, 3.05) is 53.6 Å². The first-order valence-corrected chi connectivity index (χ1v) is 11.9. The lowest BCUT2D eigenvalue weighted by Gasteiger charge is -2.48. The lowest BCUT2D eigenvalue weighted by atomic mass is 9.83. The van der Waals surface area contributed by atoms with Gasteiger partial charge < -0.3 is 19.4 Å². The molecule has 35 heavy (non-hydrogen) atoms. The number of carbonyl (C=O) groups is 1. The number of rotatable bonds is 7. The predicted molar refractivity (Wildman–Crippen MR) is 134 cm³/mol. The summed E-state index contributed by atoms with van der Waals surface area (Å²) in [7, 11) is 3.29. The molecular formula is C27H31FN4O3. The van der Waals surface area contributed by atoms with Gasteiger partial charge in [-0.15, -0.1) is 0 Å². The standard InChI is InChI=1S/C27H31FN4O3/c1-27(17-34-2)15-32(16-27)25(33)14-31-10-7-18(8-11-31)23-13-22-20(6-9-29-26(22)30-23)21-12-19(28)4-5-24(21)35-3/h4-7,9,12-13H,8,10-11,14-17H2,1-3H3,(H,29,30).